The largest absolute Gasteiger partial charge is 0.375 e. The molecule has 0 spiro atoms. The molecular weight excluding hydrogens is 134 g/mol. The molecule has 60 valence electrons. The van der Waals surface area contributed by atoms with Gasteiger partial charge in [0.2, 0.25) is 0 Å². The van der Waals surface area contributed by atoms with Crippen molar-refractivity contribution >= 4 is 0 Å². The normalized spacial score (nSPS) is 16.0. The molecule has 0 aliphatic heterocycles. The van der Waals surface area contributed by atoms with E-state index >= 15 is 0 Å². The molecule has 0 N–H and O–H groups in total. The highest BCUT2D eigenvalue weighted by Crippen LogP contribution is 2.07. The molecule has 0 aromatic rings. The van der Waals surface area contributed by atoms with Crippen LogP contribution < -0.4 is 0 Å². The van der Waals surface area contributed by atoms with Gasteiger partial charge in [0, 0.05) is 19.3 Å². The fourth-order valence-electron chi connectivity index (χ4n) is 1.01. The van der Waals surface area contributed by atoms with E-state index < -0.39 is 0 Å². The lowest BCUT2D eigenvalue weighted by Crippen LogP contribution is -2.15. The minimum atomic E-state index is 1.05. The molecule has 0 aromatic carbocycles. The summed E-state index contributed by atoms with van der Waals surface area (Å²) in [5, 5.41) is 0. The summed E-state index contributed by atoms with van der Waals surface area (Å²) in [7, 11) is 2.11. The molecule has 0 saturated heterocycles. The van der Waals surface area contributed by atoms with Crippen LogP contribution in [-0.2, 0) is 0 Å². The van der Waals surface area contributed by atoms with Crippen LogP contribution >= 0.6 is 0 Å². The molecule has 1 aliphatic carbocycles. The Kier molecular flexibility index (Phi) is 2.96. The van der Waals surface area contributed by atoms with Crippen LogP contribution in [-0.4, -0.2) is 18.5 Å². The minimum absolute atomic E-state index is 1.05. The topological polar surface area (TPSA) is 3.24 Å². The van der Waals surface area contributed by atoms with Gasteiger partial charge < -0.3 is 4.90 Å². The van der Waals surface area contributed by atoms with Gasteiger partial charge in [0.05, 0.1) is 0 Å². The third-order valence-electron chi connectivity index (χ3n) is 1.88. The van der Waals surface area contributed by atoms with Crippen molar-refractivity contribution in [1.29, 1.82) is 0 Å². The molecule has 11 heavy (non-hydrogen) atoms. The Hall–Kier alpha value is -0.980. The predicted molar refractivity (Wildman–Crippen MR) is 49.3 cm³/mol. The second kappa shape index (κ2) is 4.02. The summed E-state index contributed by atoms with van der Waals surface area (Å²) in [6, 6.07) is 0. The molecule has 1 nitrogen and oxygen atoms in total. The first kappa shape index (κ1) is 8.12. The van der Waals surface area contributed by atoms with Gasteiger partial charge in [-0.05, 0) is 25.5 Å². The molecule has 0 bridgehead atoms. The van der Waals surface area contributed by atoms with E-state index in [2.05, 4.69) is 49.3 Å². The Morgan fingerprint density at radius 2 is 2.27 bits per heavy atom. The molecule has 0 atom stereocenters. The molecule has 0 unspecified atom stereocenters. The van der Waals surface area contributed by atoms with E-state index in [0.29, 0.717) is 0 Å². The maximum absolute atomic E-state index is 2.23. The van der Waals surface area contributed by atoms with Gasteiger partial charge in [-0.2, -0.15) is 0 Å². The first-order valence-electron chi connectivity index (χ1n) is 4.09. The smallest absolute Gasteiger partial charge is 0.0360 e. The average molecular weight is 149 g/mol. The lowest BCUT2D eigenvalue weighted by molar-refractivity contribution is 0.456. The second-order valence-electron chi connectivity index (χ2n) is 2.67. The number of hydrogen-bond acceptors (Lipinski definition) is 1. The third-order valence-corrected chi connectivity index (χ3v) is 1.88. The van der Waals surface area contributed by atoms with Crippen LogP contribution in [0.5, 0.6) is 0 Å². The van der Waals surface area contributed by atoms with Crippen molar-refractivity contribution < 1.29 is 0 Å². The second-order valence-corrected chi connectivity index (χ2v) is 2.67. The van der Waals surface area contributed by atoms with Gasteiger partial charge in [0.1, 0.15) is 0 Å². The summed E-state index contributed by atoms with van der Waals surface area (Å²) in [6.45, 7) is 3.22. The fraction of sp³-hybridized carbons (Fsp3) is 0.400. The molecule has 0 fully saturated rings. The van der Waals surface area contributed by atoms with E-state index in [0.717, 1.165) is 13.0 Å². The standard InChI is InChI=1S/C10H15N/c1-3-11(2)10-8-6-4-5-7-9-10/h4,6-9H,3,5H2,1-2H3. The van der Waals surface area contributed by atoms with Crippen molar-refractivity contribution in [3.8, 4) is 0 Å². The molecular formula is C10H15N. The van der Waals surface area contributed by atoms with Crippen LogP contribution in [0, 0.1) is 0 Å². The van der Waals surface area contributed by atoms with Gasteiger partial charge >= 0.3 is 0 Å². The van der Waals surface area contributed by atoms with Crippen LogP contribution in [0.15, 0.2) is 36.1 Å². The van der Waals surface area contributed by atoms with E-state index in [1.165, 1.54) is 5.70 Å². The Bertz CT molecular complexity index is 199. The molecule has 0 heterocycles. The zero-order chi connectivity index (χ0) is 8.10. The zero-order valence-electron chi connectivity index (χ0n) is 7.25. The Balaban J connectivity index is 2.68. The van der Waals surface area contributed by atoms with Gasteiger partial charge in [-0.15, -0.1) is 0 Å². The zero-order valence-corrected chi connectivity index (χ0v) is 7.25. The van der Waals surface area contributed by atoms with Gasteiger partial charge in [-0.3, -0.25) is 0 Å². The van der Waals surface area contributed by atoms with Crippen LogP contribution in [0.4, 0.5) is 0 Å². The van der Waals surface area contributed by atoms with Gasteiger partial charge in [-0.25, -0.2) is 0 Å². The molecule has 0 aromatic heterocycles. The number of nitrogens with zero attached hydrogens (tertiary/aromatic N) is 1. The van der Waals surface area contributed by atoms with E-state index in [1.807, 2.05) is 0 Å². The molecule has 1 heteroatoms. The fourth-order valence-corrected chi connectivity index (χ4v) is 1.01. The van der Waals surface area contributed by atoms with Crippen molar-refractivity contribution in [2.45, 2.75) is 13.3 Å². The summed E-state index contributed by atoms with van der Waals surface area (Å²) in [4.78, 5) is 2.23. The van der Waals surface area contributed by atoms with Gasteiger partial charge in [-0.1, -0.05) is 18.2 Å². The number of hydrogen-bond donors (Lipinski definition) is 0. The SMILES string of the molecule is CCN(C)C1=CC=CCC=C1. The van der Waals surface area contributed by atoms with Crippen LogP contribution in [0.25, 0.3) is 0 Å². The predicted octanol–water partition coefficient (Wildman–Crippen LogP) is 2.34. The summed E-state index contributed by atoms with van der Waals surface area (Å²) >= 11 is 0. The number of allylic oxidation sites excluding steroid dienone is 5. The first-order chi connectivity index (χ1) is 5.34. The van der Waals surface area contributed by atoms with Crippen molar-refractivity contribution in [2.75, 3.05) is 13.6 Å². The number of rotatable bonds is 2. The van der Waals surface area contributed by atoms with E-state index in [-0.39, 0.29) is 0 Å². The first-order valence-corrected chi connectivity index (χ1v) is 4.09. The molecule has 1 rings (SSSR count). The lowest BCUT2D eigenvalue weighted by Gasteiger charge is -2.16. The highest BCUT2D eigenvalue weighted by molar-refractivity contribution is 5.25. The van der Waals surface area contributed by atoms with Crippen molar-refractivity contribution in [3.63, 3.8) is 0 Å². The van der Waals surface area contributed by atoms with Gasteiger partial charge in [0.15, 0.2) is 0 Å². The highest BCUT2D eigenvalue weighted by Gasteiger charge is 1.96. The van der Waals surface area contributed by atoms with E-state index in [1.54, 1.807) is 0 Å². The molecule has 0 amide bonds. The minimum Gasteiger partial charge on any atom is -0.375 e. The monoisotopic (exact) mass is 149 g/mol. The average Bonchev–Trinajstić information content (AvgIpc) is 2.30. The van der Waals surface area contributed by atoms with Crippen LogP contribution in [0.2, 0.25) is 0 Å². The summed E-state index contributed by atoms with van der Waals surface area (Å²) in [5.74, 6) is 0. The van der Waals surface area contributed by atoms with Gasteiger partial charge in [0.25, 0.3) is 0 Å². The third kappa shape index (κ3) is 2.26. The quantitative estimate of drug-likeness (QED) is 0.582. The molecule has 0 saturated carbocycles. The Morgan fingerprint density at radius 1 is 1.45 bits per heavy atom. The van der Waals surface area contributed by atoms with Crippen LogP contribution in [0.1, 0.15) is 13.3 Å². The number of likely N-dealkylation sites (N-methyl/N-ethyl adjacent to an activating group) is 1. The lowest BCUT2D eigenvalue weighted by atomic mass is 10.3. The Morgan fingerprint density at radius 3 is 3.00 bits per heavy atom. The van der Waals surface area contributed by atoms with E-state index in [4.69, 9.17) is 0 Å². The summed E-state index contributed by atoms with van der Waals surface area (Å²) < 4.78 is 0. The van der Waals surface area contributed by atoms with E-state index in [9.17, 15) is 0 Å². The Labute approximate surface area is 68.7 Å². The summed E-state index contributed by atoms with van der Waals surface area (Å²) in [5.41, 5.74) is 1.29. The maximum Gasteiger partial charge on any atom is 0.0360 e. The van der Waals surface area contributed by atoms with Crippen molar-refractivity contribution in [1.82, 2.24) is 4.90 Å². The van der Waals surface area contributed by atoms with Crippen molar-refractivity contribution in [2.24, 2.45) is 0 Å². The highest BCUT2D eigenvalue weighted by atomic mass is 15.1. The molecule has 1 aliphatic rings. The maximum atomic E-state index is 2.23. The van der Waals surface area contributed by atoms with Crippen LogP contribution in [0.3, 0.4) is 0 Å². The molecule has 0 radical (unpaired) electrons. The van der Waals surface area contributed by atoms with Crippen molar-refractivity contribution in [3.05, 3.63) is 36.1 Å². The summed E-state index contributed by atoms with van der Waals surface area (Å²) in [6.07, 6.45) is 11.8.